The second-order valence-electron chi connectivity index (χ2n) is 17.7. The number of esters is 1. The minimum Gasteiger partial charge on any atom is -0.457 e. The Kier molecular flexibility index (Phi) is 38.6. The minimum absolute atomic E-state index is 0.0805. The maximum absolute atomic E-state index is 12.8. The lowest BCUT2D eigenvalue weighted by Gasteiger charge is -2.41. The third-order valence-electron chi connectivity index (χ3n) is 11.7. The molecule has 6 unspecified atom stereocenters. The first-order valence-corrected chi connectivity index (χ1v) is 26.8. The van der Waals surface area contributed by atoms with Gasteiger partial charge in [-0.3, -0.25) is 13.8 Å². The number of carbonyl (C=O) groups excluding carboxylic acids is 1. The highest BCUT2D eigenvalue weighted by Crippen LogP contribution is 2.47. The maximum atomic E-state index is 12.8. The number of ether oxygens (including phenoxy) is 2. The summed E-state index contributed by atoms with van der Waals surface area (Å²) in [6, 6.07) is 0. The Bertz CT molecular complexity index is 1180. The molecule has 0 bridgehead atoms. The lowest BCUT2D eigenvalue weighted by Crippen LogP contribution is -2.64. The molecule has 6 atom stereocenters. The van der Waals surface area contributed by atoms with E-state index in [0.29, 0.717) is 13.0 Å². The van der Waals surface area contributed by atoms with E-state index in [9.17, 15) is 39.8 Å². The SMILES string of the molecule is CCCCC/C=C\CCCCCCCCOCC(COP(=O)(O)OC1C(O)C(O)C(O)C(O)C1O)OC(=O)CCCCCCCCCCCCC/C=C\C/C=C\CCCCCCC. The molecule has 1 saturated carbocycles. The fourth-order valence-electron chi connectivity index (χ4n) is 7.68. The van der Waals surface area contributed by atoms with Crippen molar-refractivity contribution >= 4 is 13.8 Å². The third-order valence-corrected chi connectivity index (χ3v) is 12.7. The topological polar surface area (TPSA) is 192 Å². The van der Waals surface area contributed by atoms with Gasteiger partial charge in [-0.05, 0) is 70.6 Å². The van der Waals surface area contributed by atoms with Gasteiger partial charge in [0, 0.05) is 13.0 Å². The van der Waals surface area contributed by atoms with E-state index in [4.69, 9.17) is 18.5 Å². The second-order valence-corrected chi connectivity index (χ2v) is 19.1. The third kappa shape index (κ3) is 32.8. The Morgan fingerprint density at radius 1 is 0.508 bits per heavy atom. The molecule has 0 saturated heterocycles. The van der Waals surface area contributed by atoms with Crippen LogP contribution in [0.3, 0.4) is 0 Å². The predicted molar refractivity (Wildman–Crippen MR) is 253 cm³/mol. The summed E-state index contributed by atoms with van der Waals surface area (Å²) in [4.78, 5) is 23.2. The van der Waals surface area contributed by atoms with Crippen LogP contribution in [0.25, 0.3) is 0 Å². The Morgan fingerprint density at radius 2 is 0.889 bits per heavy atom. The quantitative estimate of drug-likeness (QED) is 0.0147. The first kappa shape index (κ1) is 59.6. The smallest absolute Gasteiger partial charge is 0.457 e. The second kappa shape index (κ2) is 40.8. The van der Waals surface area contributed by atoms with Crippen LogP contribution < -0.4 is 0 Å². The number of carbonyl (C=O) groups is 1. The molecule has 0 amide bonds. The van der Waals surface area contributed by atoms with Crippen molar-refractivity contribution in [2.24, 2.45) is 0 Å². The number of unbranched alkanes of at least 4 members (excludes halogenated alkanes) is 25. The molecule has 6 N–H and O–H groups in total. The maximum Gasteiger partial charge on any atom is 0.472 e. The molecule has 12 nitrogen and oxygen atoms in total. The zero-order valence-electron chi connectivity index (χ0n) is 39.6. The van der Waals surface area contributed by atoms with Crippen molar-refractivity contribution in [3.05, 3.63) is 36.5 Å². The molecule has 63 heavy (non-hydrogen) atoms. The van der Waals surface area contributed by atoms with Gasteiger partial charge in [0.25, 0.3) is 0 Å². The van der Waals surface area contributed by atoms with E-state index in [1.54, 1.807) is 0 Å². The molecule has 0 aromatic heterocycles. The molecule has 1 rings (SSSR count). The molecule has 0 radical (unpaired) electrons. The fraction of sp³-hybridized carbons (Fsp3) is 0.860. The van der Waals surface area contributed by atoms with Crippen molar-refractivity contribution in [2.75, 3.05) is 19.8 Å². The number of phosphoric ester groups is 1. The molecule has 13 heteroatoms. The molecular formula is C50H93O12P. The predicted octanol–water partition coefficient (Wildman–Crippen LogP) is 11.0. The first-order valence-electron chi connectivity index (χ1n) is 25.3. The van der Waals surface area contributed by atoms with Crippen LogP contribution in [-0.4, -0.2) is 98.9 Å². The molecule has 1 aliphatic carbocycles. The minimum atomic E-state index is -5.02. The summed E-state index contributed by atoms with van der Waals surface area (Å²) >= 11 is 0. The molecule has 0 aliphatic heterocycles. The Hall–Kier alpha value is -1.44. The molecule has 1 fully saturated rings. The normalized spacial score (nSPS) is 22.1. The molecule has 0 aromatic rings. The summed E-state index contributed by atoms with van der Waals surface area (Å²) in [7, 11) is -5.02. The summed E-state index contributed by atoms with van der Waals surface area (Å²) < 4.78 is 34.2. The van der Waals surface area contributed by atoms with Crippen LogP contribution >= 0.6 is 7.82 Å². The number of aliphatic hydroxyl groups excluding tert-OH is 5. The van der Waals surface area contributed by atoms with E-state index < -0.39 is 63.1 Å². The van der Waals surface area contributed by atoms with Gasteiger partial charge in [-0.15, -0.1) is 0 Å². The average Bonchev–Trinajstić information content (AvgIpc) is 3.27. The van der Waals surface area contributed by atoms with Gasteiger partial charge in [0.15, 0.2) is 0 Å². The van der Waals surface area contributed by atoms with Crippen LogP contribution in [0.15, 0.2) is 36.5 Å². The zero-order chi connectivity index (χ0) is 46.2. The Labute approximate surface area is 382 Å². The van der Waals surface area contributed by atoms with Crippen molar-refractivity contribution < 1.29 is 58.3 Å². The van der Waals surface area contributed by atoms with E-state index in [-0.39, 0.29) is 13.0 Å². The van der Waals surface area contributed by atoms with Crippen LogP contribution in [0.2, 0.25) is 0 Å². The van der Waals surface area contributed by atoms with Gasteiger partial charge in [0.2, 0.25) is 0 Å². The van der Waals surface area contributed by atoms with Gasteiger partial charge in [-0.2, -0.15) is 0 Å². The van der Waals surface area contributed by atoms with E-state index in [0.717, 1.165) is 57.8 Å². The molecule has 0 aromatic carbocycles. The Balaban J connectivity index is 2.32. The van der Waals surface area contributed by atoms with Gasteiger partial charge in [0.05, 0.1) is 13.2 Å². The summed E-state index contributed by atoms with van der Waals surface area (Å²) in [5.74, 6) is -0.481. The standard InChI is InChI=1S/C50H93O12P/c1-3-5-7-9-11-13-15-17-18-19-20-21-22-23-24-25-26-27-29-31-33-35-37-39-44(51)61-43(41-59-40-38-36-34-32-30-28-16-14-12-10-8-6-4-2)42-60-63(57,58)62-50-48(55)46(53)45(52)47(54)49(50)56/h12,14-15,17,19-20,43,45-50,52-56H,3-11,13,16,18,21-42H2,1-2H3,(H,57,58)/b14-12-,17-15-,20-19-. The summed E-state index contributed by atoms with van der Waals surface area (Å²) in [6.07, 6.45) is 36.4. The van der Waals surface area contributed by atoms with Crippen molar-refractivity contribution in [1.29, 1.82) is 0 Å². The number of aliphatic hydroxyl groups is 5. The summed E-state index contributed by atoms with van der Waals surface area (Å²) in [6.45, 7) is 4.23. The molecule has 0 spiro atoms. The van der Waals surface area contributed by atoms with Crippen LogP contribution in [0.5, 0.6) is 0 Å². The highest BCUT2D eigenvalue weighted by Gasteiger charge is 2.51. The van der Waals surface area contributed by atoms with Crippen molar-refractivity contribution in [3.63, 3.8) is 0 Å². The highest BCUT2D eigenvalue weighted by atomic mass is 31.2. The monoisotopic (exact) mass is 917 g/mol. The van der Waals surface area contributed by atoms with Gasteiger partial charge < -0.3 is 39.9 Å². The van der Waals surface area contributed by atoms with E-state index in [2.05, 4.69) is 50.3 Å². The molecular weight excluding hydrogens is 824 g/mol. The number of phosphoric acid groups is 1. The number of rotatable bonds is 43. The Morgan fingerprint density at radius 3 is 1.38 bits per heavy atom. The van der Waals surface area contributed by atoms with E-state index in [1.165, 1.54) is 128 Å². The fourth-order valence-corrected chi connectivity index (χ4v) is 8.65. The van der Waals surface area contributed by atoms with E-state index in [1.807, 2.05) is 0 Å². The highest BCUT2D eigenvalue weighted by molar-refractivity contribution is 7.47. The largest absolute Gasteiger partial charge is 0.472 e. The first-order chi connectivity index (χ1) is 30.5. The van der Waals surface area contributed by atoms with Crippen molar-refractivity contribution in [2.45, 2.75) is 256 Å². The number of allylic oxidation sites excluding steroid dienone is 6. The lowest BCUT2D eigenvalue weighted by molar-refractivity contribution is -0.220. The van der Waals surface area contributed by atoms with Crippen molar-refractivity contribution in [3.8, 4) is 0 Å². The molecule has 1 aliphatic rings. The van der Waals surface area contributed by atoms with Gasteiger partial charge in [0.1, 0.15) is 42.7 Å². The van der Waals surface area contributed by atoms with E-state index >= 15 is 0 Å². The molecule has 370 valence electrons. The van der Waals surface area contributed by atoms with Gasteiger partial charge >= 0.3 is 13.8 Å². The number of hydrogen-bond acceptors (Lipinski definition) is 11. The van der Waals surface area contributed by atoms with Gasteiger partial charge in [-0.25, -0.2) is 4.57 Å². The van der Waals surface area contributed by atoms with Crippen LogP contribution in [0.4, 0.5) is 0 Å². The molecule has 0 heterocycles. The van der Waals surface area contributed by atoms with Crippen LogP contribution in [0, 0.1) is 0 Å². The lowest BCUT2D eigenvalue weighted by atomic mass is 9.85. The summed E-state index contributed by atoms with van der Waals surface area (Å²) in [5.41, 5.74) is 0. The van der Waals surface area contributed by atoms with Crippen LogP contribution in [-0.2, 0) is 27.9 Å². The average molecular weight is 917 g/mol. The number of hydrogen-bond donors (Lipinski definition) is 6. The van der Waals surface area contributed by atoms with Crippen LogP contribution in [0.1, 0.15) is 213 Å². The summed E-state index contributed by atoms with van der Waals surface area (Å²) in [5, 5.41) is 50.2. The van der Waals surface area contributed by atoms with Crippen molar-refractivity contribution in [1.82, 2.24) is 0 Å². The van der Waals surface area contributed by atoms with Gasteiger partial charge in [-0.1, -0.05) is 172 Å². The zero-order valence-corrected chi connectivity index (χ0v) is 40.5.